The average molecular weight is 419 g/mol. The first-order valence-electron chi connectivity index (χ1n) is 10.5. The molecule has 2 aliphatic heterocycles. The van der Waals surface area contributed by atoms with Crippen molar-refractivity contribution < 1.29 is 14.0 Å². The van der Waals surface area contributed by atoms with Gasteiger partial charge in [-0.15, -0.1) is 0 Å². The third-order valence-corrected chi connectivity index (χ3v) is 6.52. The van der Waals surface area contributed by atoms with Gasteiger partial charge in [-0.1, -0.05) is 6.07 Å². The number of furan rings is 1. The van der Waals surface area contributed by atoms with E-state index in [2.05, 4.69) is 9.97 Å². The second kappa shape index (κ2) is 7.68. The smallest absolute Gasteiger partial charge is 0.231 e. The van der Waals surface area contributed by atoms with Gasteiger partial charge in [0.1, 0.15) is 5.76 Å². The zero-order chi connectivity index (χ0) is 21.4. The molecule has 2 amide bonds. The van der Waals surface area contributed by atoms with Gasteiger partial charge in [0.2, 0.25) is 11.8 Å². The van der Waals surface area contributed by atoms with Crippen molar-refractivity contribution in [2.45, 2.75) is 25.3 Å². The summed E-state index contributed by atoms with van der Waals surface area (Å²) in [5.74, 6) is 0.587. The van der Waals surface area contributed by atoms with E-state index in [1.807, 2.05) is 39.7 Å². The molecule has 0 bridgehead atoms. The van der Waals surface area contributed by atoms with Crippen LogP contribution in [0.5, 0.6) is 0 Å². The van der Waals surface area contributed by atoms with E-state index in [0.29, 0.717) is 38.4 Å². The van der Waals surface area contributed by atoms with Gasteiger partial charge in [0, 0.05) is 57.7 Å². The summed E-state index contributed by atoms with van der Waals surface area (Å²) in [4.78, 5) is 39.2. The first kappa shape index (κ1) is 19.5. The van der Waals surface area contributed by atoms with E-state index in [4.69, 9.17) is 4.42 Å². The number of pyridine rings is 1. The third-order valence-electron chi connectivity index (χ3n) is 6.52. The lowest BCUT2D eigenvalue weighted by atomic mass is 9.75. The topological polar surface area (TPSA) is 84.5 Å². The number of carbonyl (C=O) groups is 2. The Morgan fingerprint density at radius 2 is 2.23 bits per heavy atom. The van der Waals surface area contributed by atoms with Crippen molar-refractivity contribution in [2.24, 2.45) is 12.5 Å². The normalized spacial score (nSPS) is 23.3. The Labute approximate surface area is 180 Å². The summed E-state index contributed by atoms with van der Waals surface area (Å²) in [6.45, 7) is 2.10. The van der Waals surface area contributed by atoms with Crippen LogP contribution in [0.4, 0.5) is 0 Å². The number of imidazole rings is 1. The van der Waals surface area contributed by atoms with E-state index >= 15 is 0 Å². The number of hydrogen-bond donors (Lipinski definition) is 0. The van der Waals surface area contributed by atoms with Gasteiger partial charge in [0.05, 0.1) is 30.1 Å². The standard InChI is InChI=1S/C23H25N5O3/c1-26-14-20(25-16-26)19-13-28(21(29)10-18-5-3-9-31-18)15-23(19)6-8-27(22(23)30)12-17-4-2-7-24-11-17/h2-5,7,9,11,14,16,19H,6,8,10,12-13,15H2,1H3/t19-,23+/m0/s1. The molecule has 0 unspecified atom stereocenters. The highest BCUT2D eigenvalue weighted by molar-refractivity contribution is 5.88. The molecular weight excluding hydrogens is 394 g/mol. The number of nitrogens with zero attached hydrogens (tertiary/aromatic N) is 5. The fourth-order valence-corrected chi connectivity index (χ4v) is 4.95. The average Bonchev–Trinajstić information content (AvgIpc) is 3.55. The molecular formula is C23H25N5O3. The fraction of sp³-hybridized carbons (Fsp3) is 0.391. The highest BCUT2D eigenvalue weighted by atomic mass is 16.3. The molecule has 0 aromatic carbocycles. The summed E-state index contributed by atoms with van der Waals surface area (Å²) in [7, 11) is 1.92. The van der Waals surface area contributed by atoms with E-state index in [9.17, 15) is 9.59 Å². The summed E-state index contributed by atoms with van der Waals surface area (Å²) >= 11 is 0. The monoisotopic (exact) mass is 419 g/mol. The van der Waals surface area contributed by atoms with Crippen LogP contribution in [0.3, 0.4) is 0 Å². The minimum atomic E-state index is -0.643. The molecule has 3 aromatic rings. The van der Waals surface area contributed by atoms with Crippen LogP contribution in [0.2, 0.25) is 0 Å². The Kier molecular flexibility index (Phi) is 4.84. The minimum Gasteiger partial charge on any atom is -0.469 e. The summed E-state index contributed by atoms with van der Waals surface area (Å²) < 4.78 is 7.25. The van der Waals surface area contributed by atoms with Crippen LogP contribution in [0, 0.1) is 5.41 Å². The molecule has 31 heavy (non-hydrogen) atoms. The minimum absolute atomic E-state index is 0.0220. The first-order valence-corrected chi connectivity index (χ1v) is 10.5. The van der Waals surface area contributed by atoms with Gasteiger partial charge in [-0.2, -0.15) is 0 Å². The summed E-state index contributed by atoms with van der Waals surface area (Å²) in [5.41, 5.74) is 1.23. The second-order valence-corrected chi connectivity index (χ2v) is 8.54. The molecule has 0 saturated carbocycles. The zero-order valence-electron chi connectivity index (χ0n) is 17.5. The Bertz CT molecular complexity index is 1080. The van der Waals surface area contributed by atoms with Gasteiger partial charge in [-0.05, 0) is 30.2 Å². The van der Waals surface area contributed by atoms with Gasteiger partial charge in [-0.3, -0.25) is 14.6 Å². The highest BCUT2D eigenvalue weighted by Gasteiger charge is 2.58. The van der Waals surface area contributed by atoms with E-state index in [-0.39, 0.29) is 24.2 Å². The summed E-state index contributed by atoms with van der Waals surface area (Å²) in [6.07, 6.45) is 9.72. The largest absolute Gasteiger partial charge is 0.469 e. The molecule has 8 nitrogen and oxygen atoms in total. The predicted octanol–water partition coefficient (Wildman–Crippen LogP) is 2.00. The molecule has 160 valence electrons. The molecule has 0 aliphatic carbocycles. The number of aryl methyl sites for hydroxylation is 1. The molecule has 0 radical (unpaired) electrons. The van der Waals surface area contributed by atoms with Gasteiger partial charge in [0.25, 0.3) is 0 Å². The number of rotatable bonds is 5. The number of hydrogen-bond acceptors (Lipinski definition) is 5. The Morgan fingerprint density at radius 1 is 1.32 bits per heavy atom. The van der Waals surface area contributed by atoms with E-state index in [1.54, 1.807) is 37.1 Å². The number of carbonyl (C=O) groups excluding carboxylic acids is 2. The fourth-order valence-electron chi connectivity index (χ4n) is 4.95. The molecule has 0 N–H and O–H groups in total. The van der Waals surface area contributed by atoms with Crippen molar-refractivity contribution in [3.63, 3.8) is 0 Å². The molecule has 3 aromatic heterocycles. The summed E-state index contributed by atoms with van der Waals surface area (Å²) in [5, 5.41) is 0. The van der Waals surface area contributed by atoms with Crippen LogP contribution < -0.4 is 0 Å². The third kappa shape index (κ3) is 3.52. The predicted molar refractivity (Wildman–Crippen MR) is 112 cm³/mol. The van der Waals surface area contributed by atoms with Crippen LogP contribution in [0.25, 0.3) is 0 Å². The first-order chi connectivity index (χ1) is 15.0. The van der Waals surface area contributed by atoms with E-state index < -0.39 is 5.41 Å². The SMILES string of the molecule is Cn1cnc([C@@H]2CN(C(=O)Cc3ccco3)C[C@]23CCN(Cc2cccnc2)C3=O)c1. The van der Waals surface area contributed by atoms with Crippen LogP contribution in [0.1, 0.15) is 29.4 Å². The lowest BCUT2D eigenvalue weighted by Gasteiger charge is -2.27. The maximum absolute atomic E-state index is 13.7. The Morgan fingerprint density at radius 3 is 2.94 bits per heavy atom. The maximum atomic E-state index is 13.7. The lowest BCUT2D eigenvalue weighted by Crippen LogP contribution is -2.40. The molecule has 2 saturated heterocycles. The van der Waals surface area contributed by atoms with Crippen molar-refractivity contribution in [1.29, 1.82) is 0 Å². The summed E-state index contributed by atoms with van der Waals surface area (Å²) in [6, 6.07) is 7.44. The quantitative estimate of drug-likeness (QED) is 0.632. The van der Waals surface area contributed by atoms with Crippen LogP contribution in [0.15, 0.2) is 59.9 Å². The van der Waals surface area contributed by atoms with Crippen molar-refractivity contribution in [1.82, 2.24) is 24.3 Å². The van der Waals surface area contributed by atoms with Crippen molar-refractivity contribution >= 4 is 11.8 Å². The number of aromatic nitrogens is 3. The maximum Gasteiger partial charge on any atom is 0.231 e. The molecule has 2 atom stereocenters. The van der Waals surface area contributed by atoms with Crippen LogP contribution >= 0.6 is 0 Å². The molecule has 2 fully saturated rings. The number of amides is 2. The zero-order valence-corrected chi connectivity index (χ0v) is 17.5. The van der Waals surface area contributed by atoms with E-state index in [1.165, 1.54) is 0 Å². The van der Waals surface area contributed by atoms with Crippen molar-refractivity contribution in [2.75, 3.05) is 19.6 Å². The second-order valence-electron chi connectivity index (χ2n) is 8.54. The van der Waals surface area contributed by atoms with Gasteiger partial charge in [0.15, 0.2) is 0 Å². The molecule has 2 aliphatic rings. The van der Waals surface area contributed by atoms with E-state index in [0.717, 1.165) is 11.3 Å². The Hall–Kier alpha value is -3.42. The van der Waals surface area contributed by atoms with Crippen molar-refractivity contribution in [3.05, 3.63) is 72.5 Å². The van der Waals surface area contributed by atoms with Gasteiger partial charge >= 0.3 is 0 Å². The Balaban J connectivity index is 1.41. The molecule has 5 rings (SSSR count). The molecule has 8 heteroatoms. The van der Waals surface area contributed by atoms with Gasteiger partial charge < -0.3 is 18.8 Å². The lowest BCUT2D eigenvalue weighted by molar-refractivity contribution is -0.137. The van der Waals surface area contributed by atoms with Gasteiger partial charge in [-0.25, -0.2) is 4.98 Å². The van der Waals surface area contributed by atoms with Crippen molar-refractivity contribution in [3.8, 4) is 0 Å². The highest BCUT2D eigenvalue weighted by Crippen LogP contribution is 2.49. The van der Waals surface area contributed by atoms with Crippen LogP contribution in [-0.4, -0.2) is 55.8 Å². The molecule has 1 spiro atoms. The number of likely N-dealkylation sites (tertiary alicyclic amines) is 2. The molecule has 5 heterocycles. The van der Waals surface area contributed by atoms with Crippen LogP contribution in [-0.2, 0) is 29.6 Å².